The Bertz CT molecular complexity index is 377. The summed E-state index contributed by atoms with van der Waals surface area (Å²) in [7, 11) is 0. The van der Waals surface area contributed by atoms with Crippen molar-refractivity contribution in [1.29, 1.82) is 0 Å². The Morgan fingerprint density at radius 1 is 0.368 bits per heavy atom. The third-order valence-electron chi connectivity index (χ3n) is 2.73. The van der Waals surface area contributed by atoms with Crippen molar-refractivity contribution in [2.75, 3.05) is 0 Å². The van der Waals surface area contributed by atoms with Crippen LogP contribution >= 0.6 is 0 Å². The second-order valence-electron chi connectivity index (χ2n) is 5.33. The highest BCUT2D eigenvalue weighted by Crippen LogP contribution is 2.07. The highest BCUT2D eigenvalue weighted by atomic mass is 19.0. The molecule has 0 heterocycles. The van der Waals surface area contributed by atoms with Crippen LogP contribution in [0.25, 0.3) is 0 Å². The first-order chi connectivity index (χ1) is 8.36. The monoisotopic (exact) mass is 260 g/mol. The Morgan fingerprint density at radius 2 is 0.474 bits per heavy atom. The molecule has 2 aromatic carbocycles. The molecule has 2 rings (SSSR count). The molecule has 0 atom stereocenters. The molecular weight excluding hydrogens is 235 g/mol. The highest BCUT2D eigenvalue weighted by molar-refractivity contribution is 5.27. The Hall–Kier alpha value is -1.63. The van der Waals surface area contributed by atoms with Gasteiger partial charge in [0.05, 0.1) is 0 Å². The summed E-state index contributed by atoms with van der Waals surface area (Å²) in [5.41, 5.74) is 8.13. The highest BCUT2D eigenvalue weighted by Gasteiger charge is 1.88. The average molecular weight is 260 g/mol. The van der Waals surface area contributed by atoms with Crippen LogP contribution in [0.3, 0.4) is 0 Å². The largest absolute Gasteiger partial charge is 0.269 e. The van der Waals surface area contributed by atoms with E-state index in [2.05, 4.69) is 77.9 Å². The van der Waals surface area contributed by atoms with Gasteiger partial charge in [-0.3, -0.25) is 4.70 Å². The molecular formula is C18H25F. The predicted octanol–water partition coefficient (Wildman–Crippen LogP) is 5.38. The summed E-state index contributed by atoms with van der Waals surface area (Å²) >= 11 is 0. The van der Waals surface area contributed by atoms with Gasteiger partial charge in [-0.25, -0.2) is 0 Å². The molecule has 0 radical (unpaired) electrons. The van der Waals surface area contributed by atoms with Gasteiger partial charge in [-0.15, -0.1) is 0 Å². The van der Waals surface area contributed by atoms with Gasteiger partial charge in [0.25, 0.3) is 0 Å². The quantitative estimate of drug-likeness (QED) is 0.597. The normalized spacial score (nSPS) is 9.16. The molecule has 2 aromatic rings. The lowest BCUT2D eigenvalue weighted by Crippen LogP contribution is -1.78. The van der Waals surface area contributed by atoms with Crippen molar-refractivity contribution in [2.24, 2.45) is 0 Å². The van der Waals surface area contributed by atoms with Gasteiger partial charge in [0.1, 0.15) is 0 Å². The summed E-state index contributed by atoms with van der Waals surface area (Å²) in [5.74, 6) is 0. The molecule has 0 aromatic heterocycles. The zero-order valence-corrected chi connectivity index (χ0v) is 12.9. The molecule has 0 aliphatic carbocycles. The first kappa shape index (κ1) is 17.4. The van der Waals surface area contributed by atoms with Crippen molar-refractivity contribution in [3.63, 3.8) is 0 Å². The molecule has 0 amide bonds. The van der Waals surface area contributed by atoms with Crippen molar-refractivity contribution < 1.29 is 4.70 Å². The van der Waals surface area contributed by atoms with Crippen LogP contribution in [0.15, 0.2) is 36.4 Å². The Balaban J connectivity index is 0.000000324. The molecule has 0 aliphatic heterocycles. The molecule has 104 valence electrons. The van der Waals surface area contributed by atoms with Crippen molar-refractivity contribution in [3.05, 3.63) is 69.8 Å². The van der Waals surface area contributed by atoms with Crippen LogP contribution in [0, 0.1) is 41.5 Å². The Morgan fingerprint density at radius 3 is 0.579 bits per heavy atom. The Labute approximate surface area is 116 Å². The maximum atomic E-state index is 2.19. The van der Waals surface area contributed by atoms with E-state index < -0.39 is 0 Å². The van der Waals surface area contributed by atoms with E-state index in [0.717, 1.165) is 0 Å². The van der Waals surface area contributed by atoms with Gasteiger partial charge >= 0.3 is 0 Å². The van der Waals surface area contributed by atoms with E-state index >= 15 is 0 Å². The lowest BCUT2D eigenvalue weighted by molar-refractivity contribution is 1.11. The van der Waals surface area contributed by atoms with E-state index in [9.17, 15) is 0 Å². The predicted molar refractivity (Wildman–Crippen MR) is 83.8 cm³/mol. The van der Waals surface area contributed by atoms with E-state index in [0.29, 0.717) is 0 Å². The first-order valence-corrected chi connectivity index (χ1v) is 6.46. The minimum absolute atomic E-state index is 0. The molecule has 0 aliphatic rings. The topological polar surface area (TPSA) is 0 Å². The summed E-state index contributed by atoms with van der Waals surface area (Å²) in [4.78, 5) is 0. The fourth-order valence-electron chi connectivity index (χ4n) is 2.40. The van der Waals surface area contributed by atoms with E-state index in [4.69, 9.17) is 0 Å². The molecule has 0 fully saturated rings. The van der Waals surface area contributed by atoms with E-state index in [1.807, 2.05) is 0 Å². The third-order valence-corrected chi connectivity index (χ3v) is 2.73. The standard InChI is InChI=1S/2C9H12.FH/c2*1-7-4-8(2)6-9(3)5-7;/h2*4-6H,1-3H3;1H. The summed E-state index contributed by atoms with van der Waals surface area (Å²) in [5, 5.41) is 0. The van der Waals surface area contributed by atoms with Gasteiger partial charge in [0, 0.05) is 0 Å². The maximum Gasteiger partial charge on any atom is -0.0398 e. The minimum atomic E-state index is 0. The maximum absolute atomic E-state index is 2.19. The number of halogens is 1. The smallest absolute Gasteiger partial charge is 0.0398 e. The average Bonchev–Trinajstić information content (AvgIpc) is 2.12. The molecule has 0 N–H and O–H groups in total. The molecule has 0 unspecified atom stereocenters. The molecule has 1 heteroatoms. The SMILES string of the molecule is Cc1cc(C)cc(C)c1.Cc1cc(C)cc(C)c1.F. The molecule has 19 heavy (non-hydrogen) atoms. The zero-order valence-electron chi connectivity index (χ0n) is 12.9. The van der Waals surface area contributed by atoms with Crippen molar-refractivity contribution in [3.8, 4) is 0 Å². The summed E-state index contributed by atoms with van der Waals surface area (Å²) < 4.78 is 0. The number of aryl methyl sites for hydroxylation is 6. The summed E-state index contributed by atoms with van der Waals surface area (Å²) in [6, 6.07) is 13.1. The molecule has 0 spiro atoms. The van der Waals surface area contributed by atoms with Crippen LogP contribution < -0.4 is 0 Å². The van der Waals surface area contributed by atoms with Crippen LogP contribution in [0.5, 0.6) is 0 Å². The molecule has 0 saturated carbocycles. The van der Waals surface area contributed by atoms with Crippen molar-refractivity contribution in [2.45, 2.75) is 41.5 Å². The lowest BCUT2D eigenvalue weighted by atomic mass is 10.1. The second kappa shape index (κ2) is 7.73. The van der Waals surface area contributed by atoms with Gasteiger partial charge in [-0.05, 0) is 41.5 Å². The second-order valence-corrected chi connectivity index (χ2v) is 5.33. The van der Waals surface area contributed by atoms with Crippen LogP contribution in [-0.2, 0) is 0 Å². The van der Waals surface area contributed by atoms with E-state index in [1.165, 1.54) is 33.4 Å². The first-order valence-electron chi connectivity index (χ1n) is 6.46. The zero-order chi connectivity index (χ0) is 13.7. The molecule has 0 saturated heterocycles. The summed E-state index contributed by atoms with van der Waals surface area (Å²) in [6.07, 6.45) is 0. The lowest BCUT2D eigenvalue weighted by Gasteiger charge is -1.96. The van der Waals surface area contributed by atoms with Gasteiger partial charge in [0.2, 0.25) is 0 Å². The van der Waals surface area contributed by atoms with E-state index in [-0.39, 0.29) is 4.70 Å². The minimum Gasteiger partial charge on any atom is -0.269 e. The van der Waals surface area contributed by atoms with Crippen LogP contribution in [0.2, 0.25) is 0 Å². The fraction of sp³-hybridized carbons (Fsp3) is 0.333. The van der Waals surface area contributed by atoms with Gasteiger partial charge in [-0.2, -0.15) is 0 Å². The number of rotatable bonds is 0. The van der Waals surface area contributed by atoms with Crippen LogP contribution in [-0.4, -0.2) is 0 Å². The van der Waals surface area contributed by atoms with Crippen LogP contribution in [0.4, 0.5) is 4.70 Å². The number of hydrogen-bond donors (Lipinski definition) is 0. The van der Waals surface area contributed by atoms with E-state index in [1.54, 1.807) is 0 Å². The third kappa shape index (κ3) is 6.76. The molecule has 0 bridgehead atoms. The fourth-order valence-corrected chi connectivity index (χ4v) is 2.40. The van der Waals surface area contributed by atoms with Gasteiger partial charge in [-0.1, -0.05) is 69.8 Å². The van der Waals surface area contributed by atoms with Gasteiger partial charge in [0.15, 0.2) is 0 Å². The van der Waals surface area contributed by atoms with Gasteiger partial charge < -0.3 is 0 Å². The van der Waals surface area contributed by atoms with Crippen molar-refractivity contribution >= 4 is 0 Å². The molecule has 0 nitrogen and oxygen atoms in total. The van der Waals surface area contributed by atoms with Crippen molar-refractivity contribution in [1.82, 2.24) is 0 Å². The summed E-state index contributed by atoms with van der Waals surface area (Å²) in [6.45, 7) is 12.8. The number of benzene rings is 2. The number of hydrogen-bond acceptors (Lipinski definition) is 0. The Kier molecular flexibility index (Phi) is 7.06. The van der Waals surface area contributed by atoms with Crippen LogP contribution in [0.1, 0.15) is 33.4 Å².